The average Bonchev–Trinajstić information content (AvgIpc) is 1.85. The van der Waals surface area contributed by atoms with Crippen molar-refractivity contribution in [3.63, 3.8) is 0 Å². The van der Waals surface area contributed by atoms with Gasteiger partial charge in [-0.3, -0.25) is 47.9 Å². The number of hydrogen-bond donors (Lipinski definition) is 8. The standard InChI is InChI=1S/C18H24N2O2.C18H22N2O2.C17H23FN2O2.C17H21FN2O2.C17H23NO3.C16H20N2O2/c2*1-20(2)17(21)10-5-3-4-7-14-8-6-9-15(13-14)18(22)19-16-11-12-16;2*1-20(2)16(21)10-5-3-4-7-14-8-6-9-15(13-14)17(22)19-12-11-18;1-13(12-19)18-17(21)16-10-6-9-15(11-16)8-5-3-4-7-14(2)20;1-13(12-19)18-16(20)15-9-6-8-14(11-15)7-4-2-3-5-10-17/h4,6-9,13,16H,3,5,10-12H2,1-2H3,(H,19,22);6,8-9,13,16H,3,5,10-12H2,1-2H3,(H,19,22);4,6-9,13H,3,5,10-12H2,1-2H3,(H,19,22);6,8-9,13H,3,5,10-12H2,1-2H3,(H,19,22);5-6,8-11,13,19H,3-4,7,12H2,1-2H3,(H,18,21);4,6-9,11,13,19H,2-3,5,12H2,1H3,(H,18,20)/b7-4-;;7-4-;;8-5-;7-4-. The molecule has 129 heavy (non-hydrogen) atoms. The Kier molecular flexibility index (Phi) is 56.0. The number of nitrogens with zero attached hydrogens (tertiary/aromatic N) is 5. The predicted molar refractivity (Wildman–Crippen MR) is 508 cm³/mol. The normalized spacial score (nSPS) is 12.0. The Labute approximate surface area is 762 Å². The molecule has 2 unspecified atom stereocenters. The van der Waals surface area contributed by atoms with E-state index in [0.29, 0.717) is 103 Å². The molecular weight excluding hydrogens is 1640 g/mol. The number of hydrogen-bond acceptors (Lipinski definition) is 14. The van der Waals surface area contributed by atoms with Gasteiger partial charge in [-0.15, -0.1) is 0 Å². The minimum atomic E-state index is -0.586. The average molecular weight is 1770 g/mol. The summed E-state index contributed by atoms with van der Waals surface area (Å²) in [5, 5.41) is 42.6. The largest absolute Gasteiger partial charge is 0.394 e. The second-order valence-corrected chi connectivity index (χ2v) is 31.7. The Morgan fingerprint density at radius 3 is 0.984 bits per heavy atom. The topological polar surface area (TPSA) is 337 Å². The maximum atomic E-state index is 12.0. The van der Waals surface area contributed by atoms with Crippen molar-refractivity contribution in [2.75, 3.05) is 96.0 Å². The second-order valence-electron chi connectivity index (χ2n) is 31.7. The first-order chi connectivity index (χ1) is 61.9. The van der Waals surface area contributed by atoms with Crippen LogP contribution < -0.4 is 31.9 Å². The van der Waals surface area contributed by atoms with E-state index in [9.17, 15) is 61.5 Å². The van der Waals surface area contributed by atoms with E-state index in [1.165, 1.54) is 0 Å². The molecule has 10 amide bonds. The van der Waals surface area contributed by atoms with Gasteiger partial charge in [0.1, 0.15) is 19.1 Å². The van der Waals surface area contributed by atoms with Gasteiger partial charge < -0.3 is 66.5 Å². The van der Waals surface area contributed by atoms with E-state index in [4.69, 9.17) is 15.5 Å². The van der Waals surface area contributed by atoms with E-state index in [-0.39, 0.29) is 103 Å². The first-order valence-corrected chi connectivity index (χ1v) is 44.0. The Balaban J connectivity index is 0.000000399. The summed E-state index contributed by atoms with van der Waals surface area (Å²) in [6.07, 6.45) is 33.0. The van der Waals surface area contributed by atoms with E-state index in [1.54, 1.807) is 163 Å². The number of nitriles is 1. The van der Waals surface area contributed by atoms with Gasteiger partial charge in [-0.25, -0.2) is 8.78 Å². The number of unbranched alkanes of at least 4 members (excludes halogenated alkanes) is 7. The zero-order chi connectivity index (χ0) is 95.1. The van der Waals surface area contributed by atoms with Crippen LogP contribution in [0.5, 0.6) is 0 Å². The molecule has 0 aliphatic heterocycles. The summed E-state index contributed by atoms with van der Waals surface area (Å²) >= 11 is 0. The molecule has 8 N–H and O–H groups in total. The van der Waals surface area contributed by atoms with Crippen LogP contribution in [0.25, 0.3) is 24.3 Å². The lowest BCUT2D eigenvalue weighted by Gasteiger charge is -2.10. The van der Waals surface area contributed by atoms with Crippen LogP contribution in [0.2, 0.25) is 0 Å². The van der Waals surface area contributed by atoms with Crippen molar-refractivity contribution in [2.45, 2.75) is 186 Å². The van der Waals surface area contributed by atoms with Crippen molar-refractivity contribution < 1.29 is 71.7 Å². The Morgan fingerprint density at radius 1 is 0.395 bits per heavy atom. The third-order valence-electron chi connectivity index (χ3n) is 18.9. The van der Waals surface area contributed by atoms with Gasteiger partial charge in [0.25, 0.3) is 35.4 Å². The fraction of sp³-hybridized carbons (Fsp3) is 0.417. The zero-order valence-corrected chi connectivity index (χ0v) is 77.0. The van der Waals surface area contributed by atoms with Crippen LogP contribution in [0.1, 0.15) is 258 Å². The molecule has 6 aromatic carbocycles. The number of ketones is 1. The highest BCUT2D eigenvalue weighted by Gasteiger charge is 2.25. The number of carbonyl (C=O) groups excluding carboxylic acids is 11. The van der Waals surface area contributed by atoms with Crippen LogP contribution in [-0.4, -0.2) is 215 Å². The molecule has 0 bridgehead atoms. The number of amides is 10. The number of Topliss-reactive ketones (excluding diaryl/α,β-unsaturated/α-hetero) is 1. The Hall–Kier alpha value is -13.0. The maximum Gasteiger partial charge on any atom is 0.251 e. The molecule has 692 valence electrons. The van der Waals surface area contributed by atoms with Crippen molar-refractivity contribution in [2.24, 2.45) is 0 Å². The van der Waals surface area contributed by atoms with Crippen molar-refractivity contribution in [3.05, 3.63) is 237 Å². The van der Waals surface area contributed by atoms with Gasteiger partial charge >= 0.3 is 0 Å². The van der Waals surface area contributed by atoms with E-state index in [2.05, 4.69) is 67.7 Å². The van der Waals surface area contributed by atoms with Gasteiger partial charge in [-0.1, -0.05) is 133 Å². The second kappa shape index (κ2) is 65.6. The number of rotatable bonds is 41. The third kappa shape index (κ3) is 52.1. The third-order valence-corrected chi connectivity index (χ3v) is 18.9. The van der Waals surface area contributed by atoms with E-state index in [1.807, 2.05) is 121 Å². The van der Waals surface area contributed by atoms with E-state index < -0.39 is 13.3 Å². The molecule has 26 heteroatoms. The molecule has 24 nitrogen and oxygen atoms in total. The summed E-state index contributed by atoms with van der Waals surface area (Å²) in [5.41, 5.74) is 8.86. The number of halogens is 2. The number of carbonyl (C=O) groups is 11. The molecule has 2 aliphatic carbocycles. The minimum Gasteiger partial charge on any atom is -0.394 e. The molecule has 0 saturated heterocycles. The molecule has 2 atom stereocenters. The summed E-state index contributed by atoms with van der Waals surface area (Å²) in [6, 6.07) is 45.9. The van der Waals surface area contributed by atoms with Gasteiger partial charge in [0.15, 0.2) is 0 Å². The lowest BCUT2D eigenvalue weighted by atomic mass is 10.1. The fourth-order valence-corrected chi connectivity index (χ4v) is 11.1. The van der Waals surface area contributed by atoms with E-state index in [0.717, 1.165) is 117 Å². The molecule has 2 fully saturated rings. The predicted octanol–water partition coefficient (Wildman–Crippen LogP) is 14.8. The Bertz CT molecular complexity index is 4830. The molecule has 6 aromatic rings. The van der Waals surface area contributed by atoms with Crippen LogP contribution >= 0.6 is 0 Å². The number of allylic oxidation sites excluding steroid dienone is 4. The molecule has 0 aromatic heterocycles. The van der Waals surface area contributed by atoms with Crippen LogP contribution in [0.4, 0.5) is 8.78 Å². The summed E-state index contributed by atoms with van der Waals surface area (Å²) < 4.78 is 24.1. The van der Waals surface area contributed by atoms with Crippen LogP contribution in [0.3, 0.4) is 0 Å². The van der Waals surface area contributed by atoms with Crippen molar-refractivity contribution in [3.8, 4) is 29.8 Å². The van der Waals surface area contributed by atoms with Gasteiger partial charge in [0.2, 0.25) is 23.6 Å². The zero-order valence-electron chi connectivity index (χ0n) is 77.0. The molecule has 2 aliphatic rings. The highest BCUT2D eigenvalue weighted by molar-refractivity contribution is 5.98. The Morgan fingerprint density at radius 2 is 0.682 bits per heavy atom. The van der Waals surface area contributed by atoms with Crippen molar-refractivity contribution in [1.82, 2.24) is 51.5 Å². The molecule has 0 heterocycles. The fourth-order valence-electron chi connectivity index (χ4n) is 11.1. The van der Waals surface area contributed by atoms with Gasteiger partial charge in [-0.05, 0) is 218 Å². The molecule has 8 rings (SSSR count). The molecule has 0 spiro atoms. The number of alkyl halides is 2. The number of nitrogens with one attached hydrogen (secondary N) is 6. The highest BCUT2D eigenvalue weighted by atomic mass is 19.1. The first-order valence-electron chi connectivity index (χ1n) is 44.0. The van der Waals surface area contributed by atoms with Crippen molar-refractivity contribution in [1.29, 1.82) is 5.26 Å². The summed E-state index contributed by atoms with van der Waals surface area (Å²) in [4.78, 5) is 134. The van der Waals surface area contributed by atoms with Gasteiger partial charge in [0.05, 0.1) is 19.3 Å². The lowest BCUT2D eigenvalue weighted by molar-refractivity contribution is -0.129. The maximum absolute atomic E-state index is 12.0. The quantitative estimate of drug-likeness (QED) is 0.0131. The van der Waals surface area contributed by atoms with Crippen LogP contribution in [0.15, 0.2) is 170 Å². The number of benzene rings is 6. The smallest absolute Gasteiger partial charge is 0.251 e. The molecular formula is C103H133F2N11O13. The summed E-state index contributed by atoms with van der Waals surface area (Å²) in [7, 11) is 14.0. The first kappa shape index (κ1) is 110. The number of aliphatic hydroxyl groups excluding tert-OH is 2. The molecule has 0 radical (unpaired) electrons. The summed E-state index contributed by atoms with van der Waals surface area (Å²) in [5.74, 6) is 11.8. The lowest BCUT2D eigenvalue weighted by Crippen LogP contribution is -2.34. The highest BCUT2D eigenvalue weighted by Crippen LogP contribution is 2.22. The number of aliphatic hydroxyl groups is 2. The van der Waals surface area contributed by atoms with Gasteiger partial charge in [0, 0.05) is 190 Å². The molecule has 2 saturated carbocycles. The monoisotopic (exact) mass is 1770 g/mol. The summed E-state index contributed by atoms with van der Waals surface area (Å²) in [6.45, 7) is 3.81. The van der Waals surface area contributed by atoms with Gasteiger partial charge in [-0.2, -0.15) is 5.26 Å². The SMILES string of the molecule is CC(=O)CCC/C=C\c1cccc(C(=O)NC(C)CO)c1.CC(CO)NC(=O)c1cccc(/C=C\CCCC#N)c1.CN(C)C(=O)CCC/C=C\c1cccc(C(=O)NC2CC2)c1.CN(C)C(=O)CCC/C=C\c1cccc(C(=O)NCCF)c1.CN(C)C(=O)CCCC#Cc1cccc(C(=O)NC2CC2)c1.CN(C)C(=O)CCCC#Cc1cccc(C(=O)NCCF)c1. The van der Waals surface area contributed by atoms with Crippen LogP contribution in [-0.2, 0) is 24.0 Å². The van der Waals surface area contributed by atoms with E-state index >= 15 is 0 Å². The van der Waals surface area contributed by atoms with Crippen molar-refractivity contribution >= 4 is 89.2 Å². The minimum absolute atomic E-state index is 0.00857. The van der Waals surface area contributed by atoms with Crippen LogP contribution in [0, 0.1) is 35.0 Å².